The van der Waals surface area contributed by atoms with E-state index in [9.17, 15) is 19.2 Å². The molecular formula is C45H60N2O5. The summed E-state index contributed by atoms with van der Waals surface area (Å²) in [6.45, 7) is 8.25. The Kier molecular flexibility index (Phi) is 12.0. The normalized spacial score (nSPS) is 25.5. The van der Waals surface area contributed by atoms with Crippen molar-refractivity contribution in [2.75, 3.05) is 0 Å². The molecule has 0 spiro atoms. The van der Waals surface area contributed by atoms with E-state index in [4.69, 9.17) is 0 Å². The van der Waals surface area contributed by atoms with E-state index in [-0.39, 0.29) is 53.0 Å². The van der Waals surface area contributed by atoms with Gasteiger partial charge in [0.15, 0.2) is 23.1 Å². The van der Waals surface area contributed by atoms with Gasteiger partial charge in [-0.3, -0.25) is 24.0 Å². The molecule has 6 rings (SSSR count). The summed E-state index contributed by atoms with van der Waals surface area (Å²) < 4.78 is 0. The molecule has 5 atom stereocenters. The van der Waals surface area contributed by atoms with Crippen molar-refractivity contribution in [1.29, 1.82) is 0 Å². The topological polar surface area (TPSA) is 101 Å². The Balaban J connectivity index is 1.22. The molecule has 7 nitrogen and oxygen atoms in total. The average Bonchev–Trinajstić information content (AvgIpc) is 3.37. The number of fused-ring (bicyclic) bond motifs is 2. The lowest BCUT2D eigenvalue weighted by atomic mass is 9.68. The number of Topliss-reactive ketones (excluding diaryl/α,β-unsaturated/α-hetero) is 4. The van der Waals surface area contributed by atoms with Gasteiger partial charge in [0.2, 0.25) is 5.91 Å². The number of carbonyl (C=O) groups is 5. The zero-order valence-corrected chi connectivity index (χ0v) is 32.0. The number of hydrogen-bond acceptors (Lipinski definition) is 6. The van der Waals surface area contributed by atoms with E-state index in [1.165, 1.54) is 12.8 Å². The number of hydrogen-bond donors (Lipinski definition) is 1. The van der Waals surface area contributed by atoms with Gasteiger partial charge in [0.25, 0.3) is 0 Å². The minimum Gasteiger partial charge on any atom is -0.326 e. The van der Waals surface area contributed by atoms with Crippen molar-refractivity contribution in [3.8, 4) is 0 Å². The van der Waals surface area contributed by atoms with Gasteiger partial charge in [-0.2, -0.15) is 0 Å². The fourth-order valence-electron chi connectivity index (χ4n) is 10.3. The molecule has 7 heteroatoms. The average molecular weight is 709 g/mol. The van der Waals surface area contributed by atoms with Crippen LogP contribution >= 0.6 is 0 Å². The van der Waals surface area contributed by atoms with E-state index >= 15 is 4.79 Å². The first-order valence-electron chi connectivity index (χ1n) is 20.6. The molecule has 2 aromatic rings. The summed E-state index contributed by atoms with van der Waals surface area (Å²) in [7, 11) is 0. The van der Waals surface area contributed by atoms with E-state index in [1.807, 2.05) is 36.1 Å². The fraction of sp³-hybridized carbons (Fsp3) is 0.622. The molecule has 2 saturated carbocycles. The quantitative estimate of drug-likeness (QED) is 0.127. The second-order valence-electron chi connectivity index (χ2n) is 16.5. The van der Waals surface area contributed by atoms with Gasteiger partial charge in [0.05, 0.1) is 17.4 Å². The smallest absolute Gasteiger partial charge is 0.228 e. The highest BCUT2D eigenvalue weighted by Gasteiger charge is 2.58. The molecule has 1 N–H and O–H groups in total. The van der Waals surface area contributed by atoms with Crippen molar-refractivity contribution in [1.82, 2.24) is 10.2 Å². The van der Waals surface area contributed by atoms with E-state index < -0.39 is 17.0 Å². The van der Waals surface area contributed by atoms with E-state index in [1.54, 1.807) is 24.3 Å². The molecule has 1 heterocycles. The second kappa shape index (κ2) is 16.3. The van der Waals surface area contributed by atoms with Crippen LogP contribution < -0.4 is 5.32 Å². The van der Waals surface area contributed by atoms with Crippen molar-refractivity contribution in [3.05, 3.63) is 70.8 Å². The second-order valence-corrected chi connectivity index (χ2v) is 16.5. The first-order valence-corrected chi connectivity index (χ1v) is 20.6. The largest absolute Gasteiger partial charge is 0.326 e. The van der Waals surface area contributed by atoms with Crippen LogP contribution in [-0.4, -0.2) is 57.1 Å². The minimum atomic E-state index is -0.893. The highest BCUT2D eigenvalue weighted by molar-refractivity contribution is 6.26. The van der Waals surface area contributed by atoms with Crippen LogP contribution in [0.3, 0.4) is 0 Å². The molecule has 1 aliphatic heterocycles. The maximum atomic E-state index is 15.2. The lowest BCUT2D eigenvalue weighted by Crippen LogP contribution is -2.73. The zero-order chi connectivity index (χ0) is 37.0. The summed E-state index contributed by atoms with van der Waals surface area (Å²) in [6, 6.07) is 14.4. The molecule has 52 heavy (non-hydrogen) atoms. The van der Waals surface area contributed by atoms with Gasteiger partial charge < -0.3 is 10.2 Å². The molecule has 1 amide bonds. The maximum Gasteiger partial charge on any atom is 0.228 e. The van der Waals surface area contributed by atoms with Gasteiger partial charge in [-0.05, 0) is 63.9 Å². The van der Waals surface area contributed by atoms with E-state index in [2.05, 4.69) is 26.1 Å². The number of rotatable bonds is 13. The highest BCUT2D eigenvalue weighted by Crippen LogP contribution is 2.46. The van der Waals surface area contributed by atoms with Gasteiger partial charge in [-0.15, -0.1) is 0 Å². The van der Waals surface area contributed by atoms with Crippen molar-refractivity contribution >= 4 is 29.0 Å². The SMILES string of the molecule is CCCC(C)(N[C@H]1CCCCCC[C@H]1C(=O)C(CC)(CC)N1C(=O)[C@@H]2CCCCCC[C@@H]21)C(=O)c1ccc(CC2C(=O)c3ccccc3C2=O)cc1. The number of nitrogens with zero attached hydrogens (tertiary/aromatic N) is 1. The van der Waals surface area contributed by atoms with Crippen LogP contribution in [0.2, 0.25) is 0 Å². The molecule has 3 fully saturated rings. The molecule has 0 bridgehead atoms. The Bertz CT molecular complexity index is 1610. The predicted octanol–water partition coefficient (Wildman–Crippen LogP) is 8.90. The van der Waals surface area contributed by atoms with Crippen LogP contribution in [0.25, 0.3) is 0 Å². The molecule has 4 aliphatic rings. The molecule has 0 radical (unpaired) electrons. The summed E-state index contributed by atoms with van der Waals surface area (Å²) in [4.78, 5) is 71.7. The number of amides is 1. The van der Waals surface area contributed by atoms with Crippen LogP contribution in [0.5, 0.6) is 0 Å². The van der Waals surface area contributed by atoms with Crippen LogP contribution in [0.4, 0.5) is 0 Å². The fourth-order valence-corrected chi connectivity index (χ4v) is 10.3. The summed E-state index contributed by atoms with van der Waals surface area (Å²) in [5.74, 6) is -0.866. The van der Waals surface area contributed by atoms with Gasteiger partial charge in [0, 0.05) is 34.7 Å². The lowest BCUT2D eigenvalue weighted by molar-refractivity contribution is -0.178. The Morgan fingerprint density at radius 1 is 0.750 bits per heavy atom. The predicted molar refractivity (Wildman–Crippen MR) is 205 cm³/mol. The van der Waals surface area contributed by atoms with Crippen LogP contribution in [0.1, 0.15) is 167 Å². The van der Waals surface area contributed by atoms with Crippen LogP contribution in [0.15, 0.2) is 48.5 Å². The number of benzene rings is 2. The third-order valence-corrected chi connectivity index (χ3v) is 13.3. The molecule has 2 aromatic carbocycles. The third kappa shape index (κ3) is 7.11. The number of β-lactam (4-membered cyclic amide) rings is 1. The van der Waals surface area contributed by atoms with Gasteiger partial charge >= 0.3 is 0 Å². The third-order valence-electron chi connectivity index (χ3n) is 13.3. The van der Waals surface area contributed by atoms with Crippen molar-refractivity contribution in [2.45, 2.75) is 160 Å². The summed E-state index contributed by atoms with van der Waals surface area (Å²) >= 11 is 0. The summed E-state index contributed by atoms with van der Waals surface area (Å²) in [5, 5.41) is 3.84. The molecule has 3 aliphatic carbocycles. The molecular weight excluding hydrogens is 649 g/mol. The van der Waals surface area contributed by atoms with Crippen LogP contribution in [0, 0.1) is 17.8 Å². The number of likely N-dealkylation sites (tertiary alicyclic amines) is 1. The minimum absolute atomic E-state index is 0.0119. The van der Waals surface area contributed by atoms with Crippen molar-refractivity contribution < 1.29 is 24.0 Å². The number of ketones is 4. The maximum absolute atomic E-state index is 15.2. The Labute approximate surface area is 311 Å². The monoisotopic (exact) mass is 708 g/mol. The highest BCUT2D eigenvalue weighted by atomic mass is 16.2. The molecule has 1 unspecified atom stereocenters. The van der Waals surface area contributed by atoms with Crippen LogP contribution in [-0.2, 0) is 16.0 Å². The Hall–Kier alpha value is -3.45. The van der Waals surface area contributed by atoms with E-state index in [0.717, 1.165) is 76.2 Å². The van der Waals surface area contributed by atoms with Crippen molar-refractivity contribution in [2.24, 2.45) is 17.8 Å². The molecule has 0 aromatic heterocycles. The van der Waals surface area contributed by atoms with Crippen molar-refractivity contribution in [3.63, 3.8) is 0 Å². The Morgan fingerprint density at radius 2 is 1.33 bits per heavy atom. The molecule has 1 saturated heterocycles. The first-order chi connectivity index (χ1) is 25.1. The first kappa shape index (κ1) is 38.3. The number of carbonyl (C=O) groups excluding carboxylic acids is 5. The summed E-state index contributed by atoms with van der Waals surface area (Å²) in [6.07, 6.45) is 15.2. The Morgan fingerprint density at radius 3 is 1.92 bits per heavy atom. The standard InChI is InChI=1S/C45H60N2O5/c1-5-28-44(4,41(50)31-26-24-30(25-27-31)29-36-39(48)32-18-16-17-19-33(32)40(36)49)46-37-22-14-10-8-12-20-34(37)42(51)45(6-2,7-3)47-38-23-15-11-9-13-21-35(38)43(47)52/h16-19,24-27,34-38,46H,5-15,20-23,28-29H2,1-4H3/t34-,35-,37+,38+,44?/m1/s1. The van der Waals surface area contributed by atoms with Gasteiger partial charge in [-0.1, -0.05) is 127 Å². The van der Waals surface area contributed by atoms with E-state index in [0.29, 0.717) is 42.4 Å². The molecule has 280 valence electrons. The number of nitrogens with one attached hydrogen (secondary N) is 1. The lowest BCUT2D eigenvalue weighted by Gasteiger charge is -2.58. The zero-order valence-electron chi connectivity index (χ0n) is 32.0. The van der Waals surface area contributed by atoms with Gasteiger partial charge in [0.1, 0.15) is 5.54 Å². The summed E-state index contributed by atoms with van der Waals surface area (Å²) in [5.41, 5.74) is 0.696. The van der Waals surface area contributed by atoms with Gasteiger partial charge in [-0.25, -0.2) is 0 Å².